The predicted molar refractivity (Wildman–Crippen MR) is 39.6 cm³/mol. The first-order valence-corrected chi connectivity index (χ1v) is 3.60. The molecule has 0 atom stereocenters. The van der Waals surface area contributed by atoms with Gasteiger partial charge in [-0.2, -0.15) is 4.80 Å². The number of hydrogen-bond acceptors (Lipinski definition) is 4. The Labute approximate surface area is 69.2 Å². The molecule has 0 saturated carbocycles. The van der Waals surface area contributed by atoms with E-state index in [0.717, 1.165) is 0 Å². The molecule has 0 radical (unpaired) electrons. The Hall–Kier alpha value is -1.46. The molecule has 1 aromatic heterocycles. The maximum absolute atomic E-state index is 10.3. The van der Waals surface area contributed by atoms with Crippen molar-refractivity contribution in [3.8, 4) is 0 Å². The molecule has 0 aliphatic heterocycles. The number of aromatic nitrogens is 4. The van der Waals surface area contributed by atoms with Crippen LogP contribution >= 0.6 is 0 Å². The molecular formula is C6H10N4O2. The molecule has 0 spiro atoms. The lowest BCUT2D eigenvalue weighted by molar-refractivity contribution is 0.0683. The molecule has 1 N–H and O–H groups in total. The van der Waals surface area contributed by atoms with Crippen molar-refractivity contribution < 1.29 is 9.90 Å². The van der Waals surface area contributed by atoms with Crippen molar-refractivity contribution in [2.24, 2.45) is 5.92 Å². The molecule has 66 valence electrons. The molecule has 0 fully saturated rings. The zero-order valence-corrected chi connectivity index (χ0v) is 6.93. The highest BCUT2D eigenvalue weighted by Crippen LogP contribution is 1.95. The Bertz CT molecular complexity index is 281. The highest BCUT2D eigenvalue weighted by Gasteiger charge is 2.10. The summed E-state index contributed by atoms with van der Waals surface area (Å²) in [5.74, 6) is -1.03. The second kappa shape index (κ2) is 3.29. The molecule has 1 heterocycles. The second-order valence-electron chi connectivity index (χ2n) is 2.87. The van der Waals surface area contributed by atoms with Gasteiger partial charge in [0.05, 0.1) is 6.54 Å². The number of rotatable bonds is 3. The summed E-state index contributed by atoms with van der Waals surface area (Å²) in [6.07, 6.45) is 0. The van der Waals surface area contributed by atoms with Gasteiger partial charge in [0.15, 0.2) is 0 Å². The van der Waals surface area contributed by atoms with Crippen LogP contribution in [-0.2, 0) is 6.54 Å². The number of tetrazole rings is 1. The number of carbonyl (C=O) groups is 1. The lowest BCUT2D eigenvalue weighted by atomic mass is 10.2. The van der Waals surface area contributed by atoms with E-state index in [0.29, 0.717) is 12.5 Å². The number of hydrogen-bond donors (Lipinski definition) is 1. The zero-order chi connectivity index (χ0) is 9.14. The van der Waals surface area contributed by atoms with Gasteiger partial charge in [0.1, 0.15) is 0 Å². The minimum absolute atomic E-state index is 0.254. The van der Waals surface area contributed by atoms with Crippen LogP contribution in [0.5, 0.6) is 0 Å². The molecule has 1 aromatic rings. The number of carboxylic acid groups (broad SMARTS) is 1. The Morgan fingerprint density at radius 1 is 1.67 bits per heavy atom. The Kier molecular flexibility index (Phi) is 2.37. The van der Waals surface area contributed by atoms with Crippen LogP contribution in [0.4, 0.5) is 0 Å². The van der Waals surface area contributed by atoms with Crippen LogP contribution in [0.1, 0.15) is 24.5 Å². The first kappa shape index (κ1) is 8.63. The fourth-order valence-electron chi connectivity index (χ4n) is 0.733. The average molecular weight is 170 g/mol. The summed E-state index contributed by atoms with van der Waals surface area (Å²) < 4.78 is 0. The van der Waals surface area contributed by atoms with E-state index in [-0.39, 0.29) is 5.82 Å². The summed E-state index contributed by atoms with van der Waals surface area (Å²) in [7, 11) is 0. The van der Waals surface area contributed by atoms with Crippen LogP contribution in [0.3, 0.4) is 0 Å². The normalized spacial score (nSPS) is 10.6. The molecular weight excluding hydrogens is 160 g/mol. The van der Waals surface area contributed by atoms with Crippen molar-refractivity contribution in [2.45, 2.75) is 20.4 Å². The van der Waals surface area contributed by atoms with Gasteiger partial charge in [0.25, 0.3) is 5.82 Å². The monoisotopic (exact) mass is 170 g/mol. The van der Waals surface area contributed by atoms with Crippen molar-refractivity contribution in [1.82, 2.24) is 20.2 Å². The maximum atomic E-state index is 10.3. The molecule has 0 aliphatic carbocycles. The fraction of sp³-hybridized carbons (Fsp3) is 0.667. The summed E-state index contributed by atoms with van der Waals surface area (Å²) in [6.45, 7) is 4.56. The zero-order valence-electron chi connectivity index (χ0n) is 6.93. The molecule has 0 unspecified atom stereocenters. The van der Waals surface area contributed by atoms with Gasteiger partial charge < -0.3 is 5.11 Å². The van der Waals surface area contributed by atoms with E-state index in [2.05, 4.69) is 15.4 Å². The second-order valence-corrected chi connectivity index (χ2v) is 2.87. The summed E-state index contributed by atoms with van der Waals surface area (Å²) in [5.41, 5.74) is 0. The van der Waals surface area contributed by atoms with Crippen molar-refractivity contribution in [3.05, 3.63) is 5.82 Å². The van der Waals surface area contributed by atoms with E-state index in [9.17, 15) is 4.79 Å². The minimum Gasteiger partial charge on any atom is -0.475 e. The predicted octanol–water partition coefficient (Wildman–Crippen LogP) is 0.0273. The number of aromatic carboxylic acids is 1. The van der Waals surface area contributed by atoms with E-state index in [4.69, 9.17) is 5.11 Å². The first-order chi connectivity index (χ1) is 5.59. The molecule has 0 amide bonds. The molecule has 12 heavy (non-hydrogen) atoms. The topological polar surface area (TPSA) is 80.9 Å². The van der Waals surface area contributed by atoms with Gasteiger partial charge in [-0.25, -0.2) is 4.79 Å². The van der Waals surface area contributed by atoms with Gasteiger partial charge in [-0.3, -0.25) is 0 Å². The van der Waals surface area contributed by atoms with Crippen LogP contribution in [0.25, 0.3) is 0 Å². The lowest BCUT2D eigenvalue weighted by Crippen LogP contribution is -2.08. The smallest absolute Gasteiger partial charge is 0.377 e. The van der Waals surface area contributed by atoms with Crippen LogP contribution in [0.15, 0.2) is 0 Å². The third-order valence-corrected chi connectivity index (χ3v) is 1.17. The Balaban J connectivity index is 2.71. The summed E-state index contributed by atoms with van der Waals surface area (Å²) in [6, 6.07) is 0. The Morgan fingerprint density at radius 2 is 2.33 bits per heavy atom. The highest BCUT2D eigenvalue weighted by molar-refractivity contribution is 5.82. The van der Waals surface area contributed by atoms with Crippen molar-refractivity contribution in [2.75, 3.05) is 0 Å². The van der Waals surface area contributed by atoms with Crippen molar-refractivity contribution in [1.29, 1.82) is 0 Å². The number of nitrogens with zero attached hydrogens (tertiary/aromatic N) is 4. The van der Waals surface area contributed by atoms with E-state index >= 15 is 0 Å². The molecule has 0 bridgehead atoms. The molecule has 6 heteroatoms. The van der Waals surface area contributed by atoms with E-state index in [1.54, 1.807) is 0 Å². The summed E-state index contributed by atoms with van der Waals surface area (Å²) >= 11 is 0. The highest BCUT2D eigenvalue weighted by atomic mass is 16.4. The molecule has 1 rings (SSSR count). The summed E-state index contributed by atoms with van der Waals surface area (Å²) in [4.78, 5) is 11.6. The van der Waals surface area contributed by atoms with Gasteiger partial charge in [-0.1, -0.05) is 13.8 Å². The van der Waals surface area contributed by atoms with Crippen molar-refractivity contribution in [3.63, 3.8) is 0 Å². The van der Waals surface area contributed by atoms with Crippen LogP contribution < -0.4 is 0 Å². The van der Waals surface area contributed by atoms with Gasteiger partial charge in [-0.05, 0) is 11.1 Å². The van der Waals surface area contributed by atoms with Crippen LogP contribution in [-0.4, -0.2) is 31.3 Å². The largest absolute Gasteiger partial charge is 0.475 e. The van der Waals surface area contributed by atoms with Crippen LogP contribution in [0.2, 0.25) is 0 Å². The van der Waals surface area contributed by atoms with E-state index in [1.165, 1.54) is 4.80 Å². The van der Waals surface area contributed by atoms with Gasteiger partial charge in [-0.15, -0.1) is 10.2 Å². The third kappa shape index (κ3) is 2.01. The molecule has 0 saturated heterocycles. The quantitative estimate of drug-likeness (QED) is 0.692. The van der Waals surface area contributed by atoms with E-state index in [1.807, 2.05) is 13.8 Å². The standard InChI is InChI=1S/C6H10N4O2/c1-4(2)3-10-8-5(6(11)12)7-9-10/h4H,3H2,1-2H3,(H,11,12). The van der Waals surface area contributed by atoms with Crippen LogP contribution in [0, 0.1) is 5.92 Å². The summed E-state index contributed by atoms with van der Waals surface area (Å²) in [5, 5.41) is 19.0. The van der Waals surface area contributed by atoms with E-state index < -0.39 is 5.97 Å². The Morgan fingerprint density at radius 3 is 2.75 bits per heavy atom. The lowest BCUT2D eigenvalue weighted by Gasteiger charge is -1.99. The average Bonchev–Trinajstić information content (AvgIpc) is 2.34. The number of carboxylic acids is 1. The first-order valence-electron chi connectivity index (χ1n) is 3.60. The third-order valence-electron chi connectivity index (χ3n) is 1.17. The van der Waals surface area contributed by atoms with Crippen molar-refractivity contribution >= 4 is 5.97 Å². The molecule has 6 nitrogen and oxygen atoms in total. The van der Waals surface area contributed by atoms with Gasteiger partial charge in [0.2, 0.25) is 0 Å². The van der Waals surface area contributed by atoms with Gasteiger partial charge >= 0.3 is 5.97 Å². The van der Waals surface area contributed by atoms with Gasteiger partial charge in [0, 0.05) is 0 Å². The molecule has 0 aromatic carbocycles. The maximum Gasteiger partial charge on any atom is 0.377 e. The SMILES string of the molecule is CC(C)Cn1nnc(C(=O)O)n1. The molecule has 0 aliphatic rings. The minimum atomic E-state index is -1.15. The fourth-order valence-corrected chi connectivity index (χ4v) is 0.733.